The van der Waals surface area contributed by atoms with Gasteiger partial charge in [0.1, 0.15) is 5.60 Å². The summed E-state index contributed by atoms with van der Waals surface area (Å²) in [5.41, 5.74) is -0.178. The highest BCUT2D eigenvalue weighted by molar-refractivity contribution is 5.74. The van der Waals surface area contributed by atoms with Crippen molar-refractivity contribution in [3.8, 4) is 0 Å². The summed E-state index contributed by atoms with van der Waals surface area (Å²) in [4.78, 5) is 13.3. The fraction of sp³-hybridized carbons (Fsp3) is 0.875. The Morgan fingerprint density at radius 2 is 1.50 bits per heavy atom. The summed E-state index contributed by atoms with van der Waals surface area (Å²) < 4.78 is 6.67. The smallest absolute Gasteiger partial charge is 0.310 e. The predicted molar refractivity (Wildman–Crippen MR) is 101 cm³/mol. The molecule has 6 rings (SSSR count). The lowest BCUT2D eigenvalue weighted by Gasteiger charge is -2.47. The van der Waals surface area contributed by atoms with Crippen LogP contribution in [0.15, 0.2) is 12.2 Å². The molecule has 0 aromatic rings. The first-order valence-electron chi connectivity index (χ1n) is 11.5. The van der Waals surface area contributed by atoms with Crippen LogP contribution in [-0.2, 0) is 9.53 Å². The van der Waals surface area contributed by atoms with E-state index in [2.05, 4.69) is 19.1 Å². The van der Waals surface area contributed by atoms with E-state index in [1.54, 1.807) is 0 Å². The van der Waals surface area contributed by atoms with Gasteiger partial charge >= 0.3 is 5.97 Å². The molecular formula is C24H34O2. The highest BCUT2D eigenvalue weighted by Crippen LogP contribution is 2.61. The van der Waals surface area contributed by atoms with E-state index >= 15 is 0 Å². The zero-order valence-corrected chi connectivity index (χ0v) is 16.2. The Kier molecular flexibility index (Phi) is 3.49. The van der Waals surface area contributed by atoms with Gasteiger partial charge in [-0.1, -0.05) is 25.0 Å². The standard InChI is InChI=1S/C24H34O2/c1-24(21-12-15-3-6-18(21)9-15,22-13-16-4-7-19(22)10-16)26-23(25)20-11-14-2-5-17(20)8-14/h2,5,14-22H,3-4,6-13H2,1H3. The van der Waals surface area contributed by atoms with Crippen molar-refractivity contribution in [2.24, 2.45) is 53.3 Å². The van der Waals surface area contributed by atoms with Crippen LogP contribution in [0, 0.1) is 53.3 Å². The van der Waals surface area contributed by atoms with Gasteiger partial charge in [0.05, 0.1) is 5.92 Å². The summed E-state index contributed by atoms with van der Waals surface area (Å²) >= 11 is 0. The van der Waals surface area contributed by atoms with E-state index in [1.165, 1.54) is 57.8 Å². The Balaban J connectivity index is 1.28. The zero-order chi connectivity index (χ0) is 17.5. The second-order valence-corrected chi connectivity index (χ2v) is 11.1. The number of allylic oxidation sites excluding steroid dienone is 2. The van der Waals surface area contributed by atoms with Crippen LogP contribution in [0.2, 0.25) is 0 Å². The van der Waals surface area contributed by atoms with Crippen molar-refractivity contribution in [3.63, 3.8) is 0 Å². The summed E-state index contributed by atoms with van der Waals surface area (Å²) in [7, 11) is 0. The summed E-state index contributed by atoms with van der Waals surface area (Å²) in [6.45, 7) is 2.38. The maximum absolute atomic E-state index is 13.3. The second-order valence-electron chi connectivity index (χ2n) is 11.1. The number of fused-ring (bicyclic) bond motifs is 6. The minimum absolute atomic E-state index is 0.154. The molecule has 5 saturated carbocycles. The Hall–Kier alpha value is -0.790. The zero-order valence-electron chi connectivity index (χ0n) is 16.2. The van der Waals surface area contributed by atoms with Crippen LogP contribution in [-0.4, -0.2) is 11.6 Å². The molecule has 6 aliphatic rings. The monoisotopic (exact) mass is 354 g/mol. The molecule has 0 radical (unpaired) electrons. The molecule has 9 unspecified atom stereocenters. The molecule has 0 spiro atoms. The van der Waals surface area contributed by atoms with Crippen molar-refractivity contribution >= 4 is 5.97 Å². The molecule has 0 amide bonds. The minimum atomic E-state index is -0.178. The van der Waals surface area contributed by atoms with Gasteiger partial charge < -0.3 is 4.74 Å². The Labute approximate surface area is 158 Å². The average molecular weight is 355 g/mol. The van der Waals surface area contributed by atoms with Crippen LogP contribution in [0.3, 0.4) is 0 Å². The van der Waals surface area contributed by atoms with Gasteiger partial charge in [-0.25, -0.2) is 0 Å². The fourth-order valence-electron chi connectivity index (χ4n) is 8.66. The fourth-order valence-corrected chi connectivity index (χ4v) is 8.66. The first kappa shape index (κ1) is 16.2. The summed E-state index contributed by atoms with van der Waals surface area (Å²) in [6, 6.07) is 0. The maximum atomic E-state index is 13.3. The first-order chi connectivity index (χ1) is 12.6. The lowest BCUT2D eigenvalue weighted by atomic mass is 9.66. The number of rotatable bonds is 4. The Bertz CT molecular complexity index is 608. The van der Waals surface area contributed by atoms with E-state index in [9.17, 15) is 4.79 Å². The van der Waals surface area contributed by atoms with Gasteiger partial charge in [-0.3, -0.25) is 4.79 Å². The maximum Gasteiger partial charge on any atom is 0.310 e. The molecule has 5 fully saturated rings. The SMILES string of the molecule is CC(OC(=O)C1CC2C=CC1C2)(C1CC2CCC1C2)C1CC2CCC1C2. The molecule has 0 aliphatic heterocycles. The van der Waals surface area contributed by atoms with Crippen LogP contribution >= 0.6 is 0 Å². The highest BCUT2D eigenvalue weighted by Gasteiger charge is 2.59. The average Bonchev–Trinajstić information content (AvgIpc) is 3.47. The molecule has 0 saturated heterocycles. The Morgan fingerprint density at radius 3 is 1.92 bits per heavy atom. The largest absolute Gasteiger partial charge is 0.459 e. The molecule has 2 nitrogen and oxygen atoms in total. The van der Waals surface area contributed by atoms with Gasteiger partial charge in [0.25, 0.3) is 0 Å². The quantitative estimate of drug-likeness (QED) is 0.501. The van der Waals surface area contributed by atoms with Crippen LogP contribution in [0.5, 0.6) is 0 Å². The van der Waals surface area contributed by atoms with Gasteiger partial charge in [-0.15, -0.1) is 0 Å². The van der Waals surface area contributed by atoms with E-state index in [0.29, 0.717) is 23.7 Å². The number of hydrogen-bond donors (Lipinski definition) is 0. The van der Waals surface area contributed by atoms with Crippen molar-refractivity contribution in [1.29, 1.82) is 0 Å². The van der Waals surface area contributed by atoms with Gasteiger partial charge in [0.2, 0.25) is 0 Å². The lowest BCUT2D eigenvalue weighted by Crippen LogP contribution is -2.51. The van der Waals surface area contributed by atoms with Crippen molar-refractivity contribution in [2.45, 2.75) is 76.7 Å². The Morgan fingerprint density at radius 1 is 0.846 bits per heavy atom. The second kappa shape index (κ2) is 5.61. The van der Waals surface area contributed by atoms with Crippen molar-refractivity contribution < 1.29 is 9.53 Å². The van der Waals surface area contributed by atoms with E-state index in [1.807, 2.05) is 0 Å². The van der Waals surface area contributed by atoms with E-state index in [-0.39, 0.29) is 17.5 Å². The number of carbonyl (C=O) groups excluding carboxylic acids is 1. The number of ether oxygens (including phenoxy) is 1. The van der Waals surface area contributed by atoms with Crippen molar-refractivity contribution in [3.05, 3.63) is 12.2 Å². The van der Waals surface area contributed by atoms with Gasteiger partial charge in [0, 0.05) is 11.8 Å². The summed E-state index contributed by atoms with van der Waals surface area (Å²) in [6.07, 6.45) is 18.0. The van der Waals surface area contributed by atoms with Crippen LogP contribution in [0.4, 0.5) is 0 Å². The van der Waals surface area contributed by atoms with Crippen LogP contribution in [0.25, 0.3) is 0 Å². The van der Waals surface area contributed by atoms with Gasteiger partial charge in [-0.05, 0) is 93.8 Å². The van der Waals surface area contributed by atoms with E-state index in [4.69, 9.17) is 4.74 Å². The first-order valence-corrected chi connectivity index (χ1v) is 11.5. The van der Waals surface area contributed by atoms with Crippen LogP contribution in [0.1, 0.15) is 71.1 Å². The molecule has 0 aromatic heterocycles. The third-order valence-electron chi connectivity index (χ3n) is 9.85. The van der Waals surface area contributed by atoms with Crippen LogP contribution < -0.4 is 0 Å². The van der Waals surface area contributed by atoms with E-state index in [0.717, 1.165) is 30.1 Å². The third kappa shape index (κ3) is 2.26. The molecule has 6 bridgehead atoms. The third-order valence-corrected chi connectivity index (χ3v) is 9.85. The summed E-state index contributed by atoms with van der Waals surface area (Å²) in [5.74, 6) is 6.22. The molecule has 142 valence electrons. The number of carbonyl (C=O) groups is 1. The summed E-state index contributed by atoms with van der Waals surface area (Å²) in [5, 5.41) is 0. The molecule has 6 aliphatic carbocycles. The van der Waals surface area contributed by atoms with Crippen molar-refractivity contribution in [2.75, 3.05) is 0 Å². The topological polar surface area (TPSA) is 26.3 Å². The van der Waals surface area contributed by atoms with Crippen molar-refractivity contribution in [1.82, 2.24) is 0 Å². The van der Waals surface area contributed by atoms with Gasteiger partial charge in [-0.2, -0.15) is 0 Å². The normalized spacial score (nSPS) is 52.7. The molecule has 0 heterocycles. The number of esters is 1. The predicted octanol–water partition coefficient (Wildman–Crippen LogP) is 5.37. The molecule has 9 atom stereocenters. The highest BCUT2D eigenvalue weighted by atomic mass is 16.6. The molecule has 26 heavy (non-hydrogen) atoms. The molecule has 2 heteroatoms. The molecule has 0 N–H and O–H groups in total. The number of hydrogen-bond acceptors (Lipinski definition) is 2. The minimum Gasteiger partial charge on any atom is -0.459 e. The lowest BCUT2D eigenvalue weighted by molar-refractivity contribution is -0.185. The molecule has 0 aromatic carbocycles. The van der Waals surface area contributed by atoms with E-state index < -0.39 is 0 Å². The van der Waals surface area contributed by atoms with Gasteiger partial charge in [0.15, 0.2) is 0 Å². The molecular weight excluding hydrogens is 320 g/mol.